The van der Waals surface area contributed by atoms with Crippen molar-refractivity contribution in [2.75, 3.05) is 45.9 Å². The molecule has 2 aliphatic rings. The van der Waals surface area contributed by atoms with Gasteiger partial charge in [-0.3, -0.25) is 4.99 Å². The van der Waals surface area contributed by atoms with Gasteiger partial charge in [-0.15, -0.1) is 0 Å². The van der Waals surface area contributed by atoms with E-state index in [1.54, 1.807) is 0 Å². The van der Waals surface area contributed by atoms with Crippen LogP contribution in [0, 0.1) is 5.92 Å². The lowest BCUT2D eigenvalue weighted by Crippen LogP contribution is -2.49. The number of likely N-dealkylation sites (N-methyl/N-ethyl adjacent to an activating group) is 1. The van der Waals surface area contributed by atoms with E-state index in [-0.39, 0.29) is 0 Å². The SMILES string of the molecule is CCN(CC)CCN1C(N)=NCC1C1CCCOC1. The Hall–Kier alpha value is -0.810. The second kappa shape index (κ2) is 7.10. The van der Waals surface area contributed by atoms with E-state index >= 15 is 0 Å². The molecule has 0 radical (unpaired) electrons. The monoisotopic (exact) mass is 268 g/mol. The van der Waals surface area contributed by atoms with Crippen LogP contribution in [0.5, 0.6) is 0 Å². The Morgan fingerprint density at radius 1 is 1.42 bits per heavy atom. The molecule has 2 rings (SSSR count). The van der Waals surface area contributed by atoms with Crippen LogP contribution in [0.2, 0.25) is 0 Å². The van der Waals surface area contributed by atoms with Gasteiger partial charge in [-0.25, -0.2) is 0 Å². The number of hydrogen-bond acceptors (Lipinski definition) is 5. The summed E-state index contributed by atoms with van der Waals surface area (Å²) in [7, 11) is 0. The summed E-state index contributed by atoms with van der Waals surface area (Å²) in [6.45, 7) is 11.3. The van der Waals surface area contributed by atoms with Crippen LogP contribution in [-0.4, -0.2) is 67.7 Å². The smallest absolute Gasteiger partial charge is 0.191 e. The molecular weight excluding hydrogens is 240 g/mol. The highest BCUT2D eigenvalue weighted by atomic mass is 16.5. The molecule has 2 unspecified atom stereocenters. The summed E-state index contributed by atoms with van der Waals surface area (Å²) in [5.74, 6) is 1.32. The second-order valence-electron chi connectivity index (χ2n) is 5.46. The van der Waals surface area contributed by atoms with Crippen molar-refractivity contribution >= 4 is 5.96 Å². The maximum atomic E-state index is 6.06. The zero-order chi connectivity index (χ0) is 13.7. The third kappa shape index (κ3) is 3.60. The van der Waals surface area contributed by atoms with Crippen molar-refractivity contribution in [1.82, 2.24) is 9.80 Å². The first kappa shape index (κ1) is 14.6. The van der Waals surface area contributed by atoms with Crippen LogP contribution in [0.25, 0.3) is 0 Å². The Bertz CT molecular complexity index is 298. The zero-order valence-electron chi connectivity index (χ0n) is 12.3. The van der Waals surface area contributed by atoms with E-state index in [1.807, 2.05) is 0 Å². The van der Waals surface area contributed by atoms with Crippen molar-refractivity contribution in [1.29, 1.82) is 0 Å². The number of ether oxygens (including phenoxy) is 1. The quantitative estimate of drug-likeness (QED) is 0.772. The normalized spacial score (nSPS) is 27.9. The molecule has 2 N–H and O–H groups in total. The molecule has 0 spiro atoms. The minimum Gasteiger partial charge on any atom is -0.381 e. The fourth-order valence-corrected chi connectivity index (χ4v) is 3.09. The predicted molar refractivity (Wildman–Crippen MR) is 78.3 cm³/mol. The topological polar surface area (TPSA) is 54.1 Å². The van der Waals surface area contributed by atoms with E-state index in [9.17, 15) is 0 Å². The molecular formula is C14H28N4O. The van der Waals surface area contributed by atoms with Crippen molar-refractivity contribution in [3.05, 3.63) is 0 Å². The van der Waals surface area contributed by atoms with E-state index in [2.05, 4.69) is 28.6 Å². The molecule has 0 aliphatic carbocycles. The Labute approximate surface area is 116 Å². The number of aliphatic imine (C=N–C) groups is 1. The molecule has 0 aromatic carbocycles. The maximum absolute atomic E-state index is 6.06. The van der Waals surface area contributed by atoms with Gasteiger partial charge in [0.2, 0.25) is 0 Å². The lowest BCUT2D eigenvalue weighted by atomic mass is 9.93. The summed E-state index contributed by atoms with van der Waals surface area (Å²) in [6, 6.07) is 0.455. The Kier molecular flexibility index (Phi) is 5.45. The van der Waals surface area contributed by atoms with Gasteiger partial charge in [0.05, 0.1) is 19.2 Å². The fraction of sp³-hybridized carbons (Fsp3) is 0.929. The van der Waals surface area contributed by atoms with Crippen molar-refractivity contribution in [3.8, 4) is 0 Å². The summed E-state index contributed by atoms with van der Waals surface area (Å²) in [5, 5.41) is 0. The van der Waals surface area contributed by atoms with Crippen LogP contribution in [0.3, 0.4) is 0 Å². The summed E-state index contributed by atoms with van der Waals surface area (Å²) in [4.78, 5) is 9.18. The summed E-state index contributed by atoms with van der Waals surface area (Å²) in [6.07, 6.45) is 2.42. The molecule has 0 saturated carbocycles. The van der Waals surface area contributed by atoms with Gasteiger partial charge in [-0.05, 0) is 25.9 Å². The molecule has 0 amide bonds. The van der Waals surface area contributed by atoms with Gasteiger partial charge in [0, 0.05) is 25.6 Å². The van der Waals surface area contributed by atoms with Crippen LogP contribution < -0.4 is 5.73 Å². The highest BCUT2D eigenvalue weighted by molar-refractivity contribution is 5.80. The molecule has 2 heterocycles. The molecule has 2 aliphatic heterocycles. The summed E-state index contributed by atoms with van der Waals surface area (Å²) < 4.78 is 5.62. The maximum Gasteiger partial charge on any atom is 0.191 e. The van der Waals surface area contributed by atoms with E-state index in [1.165, 1.54) is 12.8 Å². The minimum absolute atomic E-state index is 0.455. The molecule has 0 bridgehead atoms. The number of nitrogens with zero attached hydrogens (tertiary/aromatic N) is 3. The highest BCUT2D eigenvalue weighted by Crippen LogP contribution is 2.24. The van der Waals surface area contributed by atoms with E-state index in [0.29, 0.717) is 12.0 Å². The van der Waals surface area contributed by atoms with Gasteiger partial charge in [0.1, 0.15) is 0 Å². The molecule has 1 saturated heterocycles. The number of hydrogen-bond donors (Lipinski definition) is 1. The van der Waals surface area contributed by atoms with E-state index in [0.717, 1.165) is 51.9 Å². The lowest BCUT2D eigenvalue weighted by Gasteiger charge is -2.35. The number of nitrogens with two attached hydrogens (primary N) is 1. The standard InChI is InChI=1S/C14H28N4O/c1-3-17(4-2)7-8-18-13(10-16-14(18)15)12-6-5-9-19-11-12/h12-13H,3-11H2,1-2H3,(H2,15,16). The van der Waals surface area contributed by atoms with Crippen LogP contribution >= 0.6 is 0 Å². The van der Waals surface area contributed by atoms with Crippen LogP contribution in [0.4, 0.5) is 0 Å². The molecule has 5 heteroatoms. The average molecular weight is 268 g/mol. The summed E-state index contributed by atoms with van der Waals surface area (Å²) >= 11 is 0. The minimum atomic E-state index is 0.455. The summed E-state index contributed by atoms with van der Waals surface area (Å²) in [5.41, 5.74) is 6.06. The predicted octanol–water partition coefficient (Wildman–Crippen LogP) is 0.754. The Morgan fingerprint density at radius 3 is 2.84 bits per heavy atom. The van der Waals surface area contributed by atoms with Gasteiger partial charge in [-0.1, -0.05) is 13.8 Å². The van der Waals surface area contributed by atoms with Gasteiger partial charge >= 0.3 is 0 Å². The highest BCUT2D eigenvalue weighted by Gasteiger charge is 2.33. The van der Waals surface area contributed by atoms with Crippen LogP contribution in [0.1, 0.15) is 26.7 Å². The van der Waals surface area contributed by atoms with Gasteiger partial charge < -0.3 is 20.3 Å². The zero-order valence-corrected chi connectivity index (χ0v) is 12.3. The van der Waals surface area contributed by atoms with Crippen molar-refractivity contribution in [2.24, 2.45) is 16.6 Å². The molecule has 110 valence electrons. The first-order valence-electron chi connectivity index (χ1n) is 7.62. The van der Waals surface area contributed by atoms with Crippen LogP contribution in [0.15, 0.2) is 4.99 Å². The molecule has 0 aromatic heterocycles. The molecule has 5 nitrogen and oxygen atoms in total. The number of guanidine groups is 1. The van der Waals surface area contributed by atoms with Crippen molar-refractivity contribution < 1.29 is 4.74 Å². The third-order valence-corrected chi connectivity index (χ3v) is 4.43. The van der Waals surface area contributed by atoms with E-state index in [4.69, 9.17) is 10.5 Å². The Balaban J connectivity index is 1.89. The molecule has 0 aromatic rings. The van der Waals surface area contributed by atoms with Crippen molar-refractivity contribution in [3.63, 3.8) is 0 Å². The molecule has 2 atom stereocenters. The van der Waals surface area contributed by atoms with Gasteiger partial charge in [0.25, 0.3) is 0 Å². The second-order valence-corrected chi connectivity index (χ2v) is 5.46. The largest absolute Gasteiger partial charge is 0.381 e. The van der Waals surface area contributed by atoms with Gasteiger partial charge in [-0.2, -0.15) is 0 Å². The lowest BCUT2D eigenvalue weighted by molar-refractivity contribution is 0.0275. The fourth-order valence-electron chi connectivity index (χ4n) is 3.09. The van der Waals surface area contributed by atoms with Crippen LogP contribution in [-0.2, 0) is 4.74 Å². The number of rotatable bonds is 6. The van der Waals surface area contributed by atoms with Crippen molar-refractivity contribution in [2.45, 2.75) is 32.7 Å². The first-order valence-corrected chi connectivity index (χ1v) is 7.62. The Morgan fingerprint density at radius 2 is 2.21 bits per heavy atom. The molecule has 1 fully saturated rings. The first-order chi connectivity index (χ1) is 9.26. The van der Waals surface area contributed by atoms with Gasteiger partial charge in [0.15, 0.2) is 5.96 Å². The molecule has 19 heavy (non-hydrogen) atoms. The average Bonchev–Trinajstić information content (AvgIpc) is 2.82. The van der Waals surface area contributed by atoms with E-state index < -0.39 is 0 Å². The third-order valence-electron chi connectivity index (χ3n) is 4.43.